The standard InChI is InChI=1S/C24H37N3O2/c1-16-10-17(2)15-27(14-16)24(29)20-8-7-18(3)22(12-20)26-23(28)11-19(4)21-6-5-9-25-13-21/h7-8,12,16-17,19,21,25H,5-6,9-11,13-15H2,1-4H3,(H,26,28). The summed E-state index contributed by atoms with van der Waals surface area (Å²) in [5, 5.41) is 6.50. The summed E-state index contributed by atoms with van der Waals surface area (Å²) in [7, 11) is 0. The van der Waals surface area contributed by atoms with Crippen molar-refractivity contribution >= 4 is 17.5 Å². The van der Waals surface area contributed by atoms with Crippen molar-refractivity contribution in [3.05, 3.63) is 29.3 Å². The number of aryl methyl sites for hydroxylation is 1. The summed E-state index contributed by atoms with van der Waals surface area (Å²) in [5.74, 6) is 2.08. The fraction of sp³-hybridized carbons (Fsp3) is 0.667. The molecule has 2 aliphatic rings. The fourth-order valence-electron chi connectivity index (χ4n) is 4.93. The van der Waals surface area contributed by atoms with Crippen molar-refractivity contribution in [2.75, 3.05) is 31.5 Å². The highest BCUT2D eigenvalue weighted by Crippen LogP contribution is 2.26. The van der Waals surface area contributed by atoms with Crippen LogP contribution in [0.15, 0.2) is 18.2 Å². The van der Waals surface area contributed by atoms with Gasteiger partial charge in [0, 0.05) is 30.8 Å². The van der Waals surface area contributed by atoms with E-state index in [0.29, 0.717) is 35.7 Å². The van der Waals surface area contributed by atoms with E-state index in [4.69, 9.17) is 0 Å². The average molecular weight is 400 g/mol. The number of benzene rings is 1. The number of nitrogens with zero attached hydrogens (tertiary/aromatic N) is 1. The third-order valence-electron chi connectivity index (χ3n) is 6.56. The maximum Gasteiger partial charge on any atom is 0.253 e. The van der Waals surface area contributed by atoms with Gasteiger partial charge in [0.1, 0.15) is 0 Å². The lowest BCUT2D eigenvalue weighted by Crippen LogP contribution is -2.42. The number of carbonyl (C=O) groups is 2. The second kappa shape index (κ2) is 9.75. The zero-order valence-electron chi connectivity index (χ0n) is 18.5. The number of amides is 2. The van der Waals surface area contributed by atoms with Gasteiger partial charge < -0.3 is 15.5 Å². The van der Waals surface area contributed by atoms with Gasteiger partial charge in [-0.25, -0.2) is 0 Å². The van der Waals surface area contributed by atoms with Gasteiger partial charge in [0.05, 0.1) is 0 Å². The van der Waals surface area contributed by atoms with Crippen molar-refractivity contribution in [2.45, 2.75) is 53.4 Å². The minimum absolute atomic E-state index is 0.0380. The number of likely N-dealkylation sites (tertiary alicyclic amines) is 1. The van der Waals surface area contributed by atoms with E-state index in [1.165, 1.54) is 19.3 Å². The predicted molar refractivity (Wildman–Crippen MR) is 118 cm³/mol. The third kappa shape index (κ3) is 5.81. The zero-order valence-corrected chi connectivity index (χ0v) is 18.5. The maximum absolute atomic E-state index is 13.0. The molecule has 0 saturated carbocycles. The number of hydrogen-bond donors (Lipinski definition) is 2. The SMILES string of the molecule is Cc1ccc(C(=O)N2CC(C)CC(C)C2)cc1NC(=O)CC(C)C1CCCNC1. The Bertz CT molecular complexity index is 717. The molecule has 3 rings (SSSR count). The van der Waals surface area contributed by atoms with Gasteiger partial charge in [-0.05, 0) is 80.6 Å². The number of rotatable bonds is 5. The van der Waals surface area contributed by atoms with Gasteiger partial charge >= 0.3 is 0 Å². The molecule has 2 amide bonds. The van der Waals surface area contributed by atoms with E-state index in [9.17, 15) is 9.59 Å². The first-order chi connectivity index (χ1) is 13.8. The van der Waals surface area contributed by atoms with Crippen molar-refractivity contribution in [1.82, 2.24) is 10.2 Å². The maximum atomic E-state index is 13.0. The Kier molecular flexibility index (Phi) is 7.33. The normalized spacial score (nSPS) is 26.1. The summed E-state index contributed by atoms with van der Waals surface area (Å²) >= 11 is 0. The van der Waals surface area contributed by atoms with Crippen LogP contribution in [0.2, 0.25) is 0 Å². The van der Waals surface area contributed by atoms with E-state index in [0.717, 1.165) is 37.4 Å². The summed E-state index contributed by atoms with van der Waals surface area (Å²) in [6.07, 6.45) is 4.07. The van der Waals surface area contributed by atoms with Crippen molar-refractivity contribution in [3.8, 4) is 0 Å². The van der Waals surface area contributed by atoms with E-state index in [1.54, 1.807) is 0 Å². The van der Waals surface area contributed by atoms with Crippen LogP contribution in [-0.4, -0.2) is 42.9 Å². The van der Waals surface area contributed by atoms with E-state index in [2.05, 4.69) is 31.4 Å². The Morgan fingerprint density at radius 3 is 2.62 bits per heavy atom. The van der Waals surface area contributed by atoms with Gasteiger partial charge in [0.2, 0.25) is 5.91 Å². The molecule has 0 bridgehead atoms. The molecule has 160 valence electrons. The highest BCUT2D eigenvalue weighted by Gasteiger charge is 2.27. The lowest BCUT2D eigenvalue weighted by atomic mass is 9.85. The molecule has 0 spiro atoms. The van der Waals surface area contributed by atoms with Gasteiger partial charge in [0.25, 0.3) is 5.91 Å². The van der Waals surface area contributed by atoms with Gasteiger partial charge in [0.15, 0.2) is 0 Å². The first kappa shape index (κ1) is 21.8. The number of hydrogen-bond acceptors (Lipinski definition) is 3. The van der Waals surface area contributed by atoms with Crippen molar-refractivity contribution in [1.29, 1.82) is 0 Å². The Hall–Kier alpha value is -1.88. The molecule has 2 heterocycles. The predicted octanol–water partition coefficient (Wildman–Crippen LogP) is 4.08. The highest BCUT2D eigenvalue weighted by molar-refractivity contribution is 5.98. The number of carbonyl (C=O) groups excluding carboxylic acids is 2. The average Bonchev–Trinajstić information content (AvgIpc) is 2.69. The molecule has 0 radical (unpaired) electrons. The monoisotopic (exact) mass is 399 g/mol. The molecule has 4 atom stereocenters. The number of anilines is 1. The molecule has 4 unspecified atom stereocenters. The molecular formula is C24H37N3O2. The largest absolute Gasteiger partial charge is 0.338 e. The molecule has 5 nitrogen and oxygen atoms in total. The Balaban J connectivity index is 1.63. The minimum Gasteiger partial charge on any atom is -0.338 e. The Morgan fingerprint density at radius 1 is 1.24 bits per heavy atom. The quantitative estimate of drug-likeness (QED) is 0.784. The Morgan fingerprint density at radius 2 is 1.97 bits per heavy atom. The molecule has 29 heavy (non-hydrogen) atoms. The molecule has 2 N–H and O–H groups in total. The van der Waals surface area contributed by atoms with Crippen LogP contribution in [0.3, 0.4) is 0 Å². The second-order valence-electron chi connectivity index (χ2n) is 9.52. The first-order valence-electron chi connectivity index (χ1n) is 11.2. The summed E-state index contributed by atoms with van der Waals surface area (Å²) in [6, 6.07) is 5.67. The highest BCUT2D eigenvalue weighted by atomic mass is 16.2. The van der Waals surface area contributed by atoms with Crippen molar-refractivity contribution in [3.63, 3.8) is 0 Å². The van der Waals surface area contributed by atoms with E-state index in [1.807, 2.05) is 30.0 Å². The molecule has 1 aromatic carbocycles. The number of nitrogens with one attached hydrogen (secondary N) is 2. The van der Waals surface area contributed by atoms with Crippen LogP contribution in [0.1, 0.15) is 62.4 Å². The van der Waals surface area contributed by atoms with Crippen LogP contribution in [0.4, 0.5) is 5.69 Å². The molecule has 2 saturated heterocycles. The van der Waals surface area contributed by atoms with Crippen molar-refractivity contribution in [2.24, 2.45) is 23.7 Å². The van der Waals surface area contributed by atoms with Crippen LogP contribution >= 0.6 is 0 Å². The van der Waals surface area contributed by atoms with Gasteiger partial charge in [-0.1, -0.05) is 26.8 Å². The topological polar surface area (TPSA) is 61.4 Å². The first-order valence-corrected chi connectivity index (χ1v) is 11.2. The van der Waals surface area contributed by atoms with Crippen LogP contribution < -0.4 is 10.6 Å². The smallest absolute Gasteiger partial charge is 0.253 e. The molecule has 1 aromatic rings. The lowest BCUT2D eigenvalue weighted by molar-refractivity contribution is -0.117. The zero-order chi connectivity index (χ0) is 21.0. The second-order valence-corrected chi connectivity index (χ2v) is 9.52. The van der Waals surface area contributed by atoms with E-state index < -0.39 is 0 Å². The number of piperidine rings is 2. The van der Waals surface area contributed by atoms with E-state index >= 15 is 0 Å². The lowest BCUT2D eigenvalue weighted by Gasteiger charge is -2.35. The van der Waals surface area contributed by atoms with Crippen LogP contribution in [0.25, 0.3) is 0 Å². The van der Waals surface area contributed by atoms with Crippen molar-refractivity contribution < 1.29 is 9.59 Å². The summed E-state index contributed by atoms with van der Waals surface area (Å²) < 4.78 is 0. The molecule has 0 aliphatic carbocycles. The fourth-order valence-corrected chi connectivity index (χ4v) is 4.93. The molecule has 2 fully saturated rings. The van der Waals surface area contributed by atoms with Gasteiger partial charge in [-0.15, -0.1) is 0 Å². The van der Waals surface area contributed by atoms with Gasteiger partial charge in [-0.3, -0.25) is 9.59 Å². The van der Waals surface area contributed by atoms with E-state index in [-0.39, 0.29) is 11.8 Å². The van der Waals surface area contributed by atoms with Crippen LogP contribution in [0.5, 0.6) is 0 Å². The molecule has 2 aliphatic heterocycles. The molecule has 5 heteroatoms. The van der Waals surface area contributed by atoms with Gasteiger partial charge in [-0.2, -0.15) is 0 Å². The molecule has 0 aromatic heterocycles. The molecular weight excluding hydrogens is 362 g/mol. The third-order valence-corrected chi connectivity index (χ3v) is 6.56. The Labute approximate surface area is 175 Å². The van der Waals surface area contributed by atoms with Crippen LogP contribution in [-0.2, 0) is 4.79 Å². The summed E-state index contributed by atoms with van der Waals surface area (Å²) in [6.45, 7) is 12.3. The minimum atomic E-state index is 0.0380. The summed E-state index contributed by atoms with van der Waals surface area (Å²) in [5.41, 5.74) is 2.41. The summed E-state index contributed by atoms with van der Waals surface area (Å²) in [4.78, 5) is 27.7. The van der Waals surface area contributed by atoms with Crippen LogP contribution in [0, 0.1) is 30.6 Å².